The lowest BCUT2D eigenvalue weighted by atomic mass is 10.1. The molecule has 0 unspecified atom stereocenters. The Morgan fingerprint density at radius 3 is 2.68 bits per heavy atom. The van der Waals surface area contributed by atoms with Crippen LogP contribution in [0.25, 0.3) is 22.3 Å². The number of rotatable bonds is 4. The van der Waals surface area contributed by atoms with E-state index in [1.54, 1.807) is 29.3 Å². The van der Waals surface area contributed by atoms with Crippen LogP contribution in [-0.4, -0.2) is 30.8 Å². The molecule has 6 heteroatoms. The van der Waals surface area contributed by atoms with Gasteiger partial charge in [-0.3, -0.25) is 4.98 Å². The average Bonchev–Trinajstić information content (AvgIpc) is 2.89. The Morgan fingerprint density at radius 2 is 2.05 bits per heavy atom. The van der Waals surface area contributed by atoms with Gasteiger partial charge >= 0.3 is 5.97 Å². The zero-order valence-corrected chi connectivity index (χ0v) is 12.4. The molecule has 0 saturated carbocycles. The maximum absolute atomic E-state index is 11.6. The summed E-state index contributed by atoms with van der Waals surface area (Å²) < 4.78 is 1.76. The number of aromatic nitrogens is 4. The van der Waals surface area contributed by atoms with Gasteiger partial charge in [0.2, 0.25) is 0 Å². The lowest BCUT2D eigenvalue weighted by Crippen LogP contribution is -2.07. The number of hydrogen-bond donors (Lipinski definition) is 1. The van der Waals surface area contributed by atoms with E-state index in [1.165, 1.54) is 0 Å². The van der Waals surface area contributed by atoms with Crippen molar-refractivity contribution < 1.29 is 9.90 Å². The van der Waals surface area contributed by atoms with Crippen LogP contribution in [0.3, 0.4) is 0 Å². The fraction of sp³-hybridized carbons (Fsp3) is 0.250. The van der Waals surface area contributed by atoms with E-state index in [-0.39, 0.29) is 5.56 Å². The minimum atomic E-state index is -0.980. The summed E-state index contributed by atoms with van der Waals surface area (Å²) in [4.78, 5) is 20.1. The van der Waals surface area contributed by atoms with Crippen LogP contribution in [0.2, 0.25) is 0 Å². The quantitative estimate of drug-likeness (QED) is 0.800. The normalized spacial score (nSPS) is 11.2. The topological polar surface area (TPSA) is 80.9 Å². The fourth-order valence-corrected chi connectivity index (χ4v) is 2.37. The van der Waals surface area contributed by atoms with Crippen LogP contribution in [0.1, 0.15) is 24.2 Å². The minimum Gasteiger partial charge on any atom is -0.478 e. The zero-order valence-electron chi connectivity index (χ0n) is 12.4. The molecule has 0 saturated heterocycles. The molecule has 0 aliphatic rings. The van der Waals surface area contributed by atoms with Gasteiger partial charge in [-0.05, 0) is 24.1 Å². The van der Waals surface area contributed by atoms with Gasteiger partial charge < -0.3 is 5.11 Å². The Morgan fingerprint density at radius 1 is 1.32 bits per heavy atom. The van der Waals surface area contributed by atoms with Crippen molar-refractivity contribution in [2.75, 3.05) is 0 Å². The van der Waals surface area contributed by atoms with Gasteiger partial charge in [-0.2, -0.15) is 5.10 Å². The number of hydrogen-bond acceptors (Lipinski definition) is 4. The van der Waals surface area contributed by atoms with E-state index in [4.69, 9.17) is 0 Å². The van der Waals surface area contributed by atoms with Crippen molar-refractivity contribution >= 4 is 17.0 Å². The number of carboxylic acids is 1. The van der Waals surface area contributed by atoms with Crippen LogP contribution < -0.4 is 0 Å². The predicted molar refractivity (Wildman–Crippen MR) is 82.6 cm³/mol. The van der Waals surface area contributed by atoms with Crippen molar-refractivity contribution in [3.63, 3.8) is 0 Å². The van der Waals surface area contributed by atoms with Crippen LogP contribution in [0.15, 0.2) is 36.8 Å². The Labute approximate surface area is 127 Å². The largest absolute Gasteiger partial charge is 0.478 e. The van der Waals surface area contributed by atoms with Gasteiger partial charge in [0.25, 0.3) is 0 Å². The number of carboxylic acid groups (broad SMARTS) is 1. The smallest absolute Gasteiger partial charge is 0.336 e. The first-order chi connectivity index (χ1) is 10.6. The highest BCUT2D eigenvalue weighted by atomic mass is 16.4. The second kappa shape index (κ2) is 5.55. The first-order valence-electron chi connectivity index (χ1n) is 7.06. The summed E-state index contributed by atoms with van der Waals surface area (Å²) in [6, 6.07) is 5.20. The number of aromatic carboxylic acids is 1. The number of carbonyl (C=O) groups is 1. The van der Waals surface area contributed by atoms with Crippen LogP contribution in [0.5, 0.6) is 0 Å². The second-order valence-corrected chi connectivity index (χ2v) is 5.55. The van der Waals surface area contributed by atoms with Gasteiger partial charge in [-0.15, -0.1) is 0 Å². The van der Waals surface area contributed by atoms with Gasteiger partial charge in [-0.25, -0.2) is 14.5 Å². The lowest BCUT2D eigenvalue weighted by Gasteiger charge is -2.08. The zero-order chi connectivity index (χ0) is 15.7. The van der Waals surface area contributed by atoms with Gasteiger partial charge in [0.15, 0.2) is 5.65 Å². The third kappa shape index (κ3) is 2.55. The molecule has 3 aromatic rings. The summed E-state index contributed by atoms with van der Waals surface area (Å²) in [5.41, 5.74) is 2.25. The van der Waals surface area contributed by atoms with Gasteiger partial charge in [0.05, 0.1) is 22.8 Å². The number of pyridine rings is 2. The maximum Gasteiger partial charge on any atom is 0.336 e. The minimum absolute atomic E-state index is 0.215. The third-order valence-electron chi connectivity index (χ3n) is 3.35. The first kappa shape index (κ1) is 14.2. The summed E-state index contributed by atoms with van der Waals surface area (Å²) >= 11 is 0. The van der Waals surface area contributed by atoms with Gasteiger partial charge in [0.1, 0.15) is 0 Å². The highest BCUT2D eigenvalue weighted by molar-refractivity contribution is 6.02. The monoisotopic (exact) mass is 296 g/mol. The molecular weight excluding hydrogens is 280 g/mol. The van der Waals surface area contributed by atoms with E-state index >= 15 is 0 Å². The molecule has 112 valence electrons. The summed E-state index contributed by atoms with van der Waals surface area (Å²) in [6.07, 6.45) is 4.89. The van der Waals surface area contributed by atoms with E-state index in [2.05, 4.69) is 28.9 Å². The summed E-state index contributed by atoms with van der Waals surface area (Å²) in [6.45, 7) is 4.85. The summed E-state index contributed by atoms with van der Waals surface area (Å²) in [7, 11) is 0. The first-order valence-corrected chi connectivity index (χ1v) is 7.06. The van der Waals surface area contributed by atoms with E-state index in [0.29, 0.717) is 29.2 Å². The molecule has 3 heterocycles. The van der Waals surface area contributed by atoms with Gasteiger partial charge in [0, 0.05) is 24.5 Å². The second-order valence-electron chi connectivity index (χ2n) is 5.55. The van der Waals surface area contributed by atoms with Crippen molar-refractivity contribution in [1.29, 1.82) is 0 Å². The molecule has 0 aromatic carbocycles. The number of fused-ring (bicyclic) bond motifs is 1. The SMILES string of the molecule is CC(C)Cn1ncc2c(C(=O)O)cc(-c3ccncc3)nc21. The molecule has 0 fully saturated rings. The van der Waals surface area contributed by atoms with Crippen molar-refractivity contribution in [3.05, 3.63) is 42.4 Å². The highest BCUT2D eigenvalue weighted by Gasteiger charge is 2.17. The lowest BCUT2D eigenvalue weighted by molar-refractivity contribution is 0.0699. The van der Waals surface area contributed by atoms with E-state index < -0.39 is 5.97 Å². The van der Waals surface area contributed by atoms with E-state index in [1.807, 2.05) is 12.1 Å². The summed E-state index contributed by atoms with van der Waals surface area (Å²) in [5, 5.41) is 14.3. The Balaban J connectivity index is 2.24. The molecule has 0 spiro atoms. The molecule has 0 aliphatic heterocycles. The Kier molecular flexibility index (Phi) is 3.58. The molecule has 22 heavy (non-hydrogen) atoms. The van der Waals surface area contributed by atoms with Crippen LogP contribution in [-0.2, 0) is 6.54 Å². The fourth-order valence-electron chi connectivity index (χ4n) is 2.37. The summed E-state index contributed by atoms with van der Waals surface area (Å²) in [5.74, 6) is -0.588. The molecule has 3 aromatic heterocycles. The van der Waals surface area contributed by atoms with Crippen molar-refractivity contribution in [2.24, 2.45) is 5.92 Å². The van der Waals surface area contributed by atoms with Crippen LogP contribution in [0, 0.1) is 5.92 Å². The predicted octanol–water partition coefficient (Wildman–Crippen LogP) is 2.85. The molecule has 6 nitrogen and oxygen atoms in total. The standard InChI is InChI=1S/C16H16N4O2/c1-10(2)9-20-15-13(8-18-20)12(16(21)22)7-14(19-15)11-3-5-17-6-4-11/h3-8,10H,9H2,1-2H3,(H,21,22). The molecule has 0 bridgehead atoms. The third-order valence-corrected chi connectivity index (χ3v) is 3.35. The molecule has 0 radical (unpaired) electrons. The van der Waals surface area contributed by atoms with Crippen molar-refractivity contribution in [1.82, 2.24) is 19.7 Å². The Hall–Kier alpha value is -2.76. The number of nitrogens with zero attached hydrogens (tertiary/aromatic N) is 4. The van der Waals surface area contributed by atoms with Crippen LogP contribution in [0.4, 0.5) is 0 Å². The molecule has 0 atom stereocenters. The van der Waals surface area contributed by atoms with E-state index in [9.17, 15) is 9.90 Å². The Bertz CT molecular complexity index is 825. The van der Waals surface area contributed by atoms with Crippen LogP contribution >= 0.6 is 0 Å². The molecule has 3 rings (SSSR count). The highest BCUT2D eigenvalue weighted by Crippen LogP contribution is 2.25. The molecule has 1 N–H and O–H groups in total. The maximum atomic E-state index is 11.6. The molecular formula is C16H16N4O2. The molecule has 0 aliphatic carbocycles. The van der Waals surface area contributed by atoms with Gasteiger partial charge in [-0.1, -0.05) is 13.8 Å². The average molecular weight is 296 g/mol. The molecule has 0 amide bonds. The van der Waals surface area contributed by atoms with E-state index in [0.717, 1.165) is 5.56 Å². The van der Waals surface area contributed by atoms with Crippen molar-refractivity contribution in [3.8, 4) is 11.3 Å². The van der Waals surface area contributed by atoms with Crippen molar-refractivity contribution in [2.45, 2.75) is 20.4 Å².